The number of aryl methyl sites for hydroxylation is 1. The minimum Gasteiger partial charge on any atom is -0.322 e. The number of rotatable bonds is 7. The van der Waals surface area contributed by atoms with E-state index in [-0.39, 0.29) is 17.3 Å². The topological polar surface area (TPSA) is 66.5 Å². The third-order valence-corrected chi connectivity index (χ3v) is 6.52. The van der Waals surface area contributed by atoms with E-state index in [2.05, 4.69) is 11.9 Å². The van der Waals surface area contributed by atoms with Gasteiger partial charge in [-0.15, -0.1) is 6.58 Å². The summed E-state index contributed by atoms with van der Waals surface area (Å²) in [5.41, 5.74) is 2.36. The average molecular weight is 441 g/mol. The summed E-state index contributed by atoms with van der Waals surface area (Å²) in [6.07, 6.45) is 1.52. The molecule has 1 N–H and O–H groups in total. The van der Waals surface area contributed by atoms with Crippen molar-refractivity contribution in [3.63, 3.8) is 0 Å². The lowest BCUT2D eigenvalue weighted by molar-refractivity contribution is 0.102. The van der Waals surface area contributed by atoms with Gasteiger partial charge in [-0.25, -0.2) is 8.42 Å². The summed E-state index contributed by atoms with van der Waals surface area (Å²) in [6, 6.07) is 19.8. The molecular formula is C23H21ClN2O3S. The standard InChI is InChI=1S/C23H21ClN2O3S/c1-3-15-26(30(28,29)21-7-5-4-6-8-21)20-12-9-18(10-13-20)23(27)25-22-14-11-19(24)16-17(22)2/h3-14,16H,1,15H2,2H3,(H,25,27). The molecule has 0 aliphatic carbocycles. The molecular weight excluding hydrogens is 420 g/mol. The van der Waals surface area contributed by atoms with Crippen molar-refractivity contribution in [2.24, 2.45) is 0 Å². The number of hydrogen-bond acceptors (Lipinski definition) is 3. The van der Waals surface area contributed by atoms with Crippen molar-refractivity contribution < 1.29 is 13.2 Å². The van der Waals surface area contributed by atoms with Gasteiger partial charge in [-0.05, 0) is 67.1 Å². The molecule has 0 aliphatic rings. The van der Waals surface area contributed by atoms with E-state index in [1.165, 1.54) is 10.4 Å². The Kier molecular flexibility index (Phi) is 6.59. The van der Waals surface area contributed by atoms with Crippen LogP contribution in [-0.4, -0.2) is 20.9 Å². The van der Waals surface area contributed by atoms with E-state index in [9.17, 15) is 13.2 Å². The molecule has 0 aliphatic heterocycles. The highest BCUT2D eigenvalue weighted by Gasteiger charge is 2.24. The fraction of sp³-hybridized carbons (Fsp3) is 0.0870. The number of sulfonamides is 1. The zero-order valence-corrected chi connectivity index (χ0v) is 18.0. The largest absolute Gasteiger partial charge is 0.322 e. The number of benzene rings is 3. The molecule has 7 heteroatoms. The summed E-state index contributed by atoms with van der Waals surface area (Å²) in [7, 11) is -3.76. The van der Waals surface area contributed by atoms with Gasteiger partial charge in [-0.1, -0.05) is 35.9 Å². The highest BCUT2D eigenvalue weighted by atomic mass is 35.5. The Bertz CT molecular complexity index is 1160. The van der Waals surface area contributed by atoms with Crippen molar-refractivity contribution in [1.29, 1.82) is 0 Å². The first-order valence-corrected chi connectivity index (χ1v) is 11.0. The summed E-state index contributed by atoms with van der Waals surface area (Å²) in [5.74, 6) is -0.298. The van der Waals surface area contributed by atoms with E-state index in [1.54, 1.807) is 72.8 Å². The van der Waals surface area contributed by atoms with Crippen molar-refractivity contribution in [2.75, 3.05) is 16.2 Å². The summed E-state index contributed by atoms with van der Waals surface area (Å²) in [4.78, 5) is 12.8. The molecule has 3 aromatic carbocycles. The second-order valence-corrected chi connectivity index (χ2v) is 8.90. The first-order chi connectivity index (χ1) is 14.3. The normalized spacial score (nSPS) is 11.0. The van der Waals surface area contributed by atoms with Crippen LogP contribution in [0.15, 0.2) is 90.3 Å². The van der Waals surface area contributed by atoms with Gasteiger partial charge >= 0.3 is 0 Å². The maximum Gasteiger partial charge on any atom is 0.264 e. The molecule has 0 bridgehead atoms. The van der Waals surface area contributed by atoms with Gasteiger partial charge in [0, 0.05) is 16.3 Å². The Morgan fingerprint density at radius 2 is 1.73 bits per heavy atom. The molecule has 3 aromatic rings. The Morgan fingerprint density at radius 1 is 1.07 bits per heavy atom. The first kappa shape index (κ1) is 21.6. The third-order valence-electron chi connectivity index (χ3n) is 4.48. The monoisotopic (exact) mass is 440 g/mol. The van der Waals surface area contributed by atoms with E-state index >= 15 is 0 Å². The van der Waals surface area contributed by atoms with E-state index < -0.39 is 10.0 Å². The van der Waals surface area contributed by atoms with Crippen molar-refractivity contribution in [1.82, 2.24) is 0 Å². The lowest BCUT2D eigenvalue weighted by atomic mass is 10.1. The van der Waals surface area contributed by atoms with Gasteiger partial charge in [0.25, 0.3) is 15.9 Å². The van der Waals surface area contributed by atoms with E-state index in [0.717, 1.165) is 5.56 Å². The molecule has 0 radical (unpaired) electrons. The minimum absolute atomic E-state index is 0.104. The summed E-state index contributed by atoms with van der Waals surface area (Å²) in [5, 5.41) is 3.43. The molecule has 0 atom stereocenters. The number of amides is 1. The second kappa shape index (κ2) is 9.15. The molecule has 0 fully saturated rings. The predicted octanol–water partition coefficient (Wildman–Crippen LogP) is 5.28. The van der Waals surface area contributed by atoms with Gasteiger partial charge in [0.2, 0.25) is 0 Å². The van der Waals surface area contributed by atoms with Crippen LogP contribution in [0.1, 0.15) is 15.9 Å². The molecule has 30 heavy (non-hydrogen) atoms. The minimum atomic E-state index is -3.76. The number of nitrogens with zero attached hydrogens (tertiary/aromatic N) is 1. The van der Waals surface area contributed by atoms with Crippen LogP contribution in [0, 0.1) is 6.92 Å². The predicted molar refractivity (Wildman–Crippen MR) is 122 cm³/mol. The zero-order chi connectivity index (χ0) is 21.7. The fourth-order valence-electron chi connectivity index (χ4n) is 2.92. The van der Waals surface area contributed by atoms with Crippen LogP contribution in [0.5, 0.6) is 0 Å². The van der Waals surface area contributed by atoms with Gasteiger partial charge in [0.1, 0.15) is 0 Å². The first-order valence-electron chi connectivity index (χ1n) is 9.19. The van der Waals surface area contributed by atoms with Gasteiger partial charge in [0.05, 0.1) is 17.1 Å². The van der Waals surface area contributed by atoms with E-state index in [1.807, 2.05) is 6.92 Å². The van der Waals surface area contributed by atoms with Crippen molar-refractivity contribution in [3.8, 4) is 0 Å². The number of anilines is 2. The number of nitrogens with one attached hydrogen (secondary N) is 1. The zero-order valence-electron chi connectivity index (χ0n) is 16.4. The number of halogens is 1. The summed E-state index contributed by atoms with van der Waals surface area (Å²) < 4.78 is 27.3. The Morgan fingerprint density at radius 3 is 2.33 bits per heavy atom. The quantitative estimate of drug-likeness (QED) is 0.508. The van der Waals surface area contributed by atoms with Crippen LogP contribution >= 0.6 is 11.6 Å². The Balaban J connectivity index is 1.85. The summed E-state index contributed by atoms with van der Waals surface area (Å²) in [6.45, 7) is 5.62. The average Bonchev–Trinajstić information content (AvgIpc) is 2.74. The van der Waals surface area contributed by atoms with Crippen LogP contribution < -0.4 is 9.62 Å². The molecule has 0 heterocycles. The lowest BCUT2D eigenvalue weighted by Crippen LogP contribution is -2.31. The van der Waals surface area contributed by atoms with Crippen molar-refractivity contribution >= 4 is 38.9 Å². The number of hydrogen-bond donors (Lipinski definition) is 1. The highest BCUT2D eigenvalue weighted by molar-refractivity contribution is 7.92. The third kappa shape index (κ3) is 4.72. The van der Waals surface area contributed by atoms with Gasteiger partial charge in [-0.3, -0.25) is 9.10 Å². The molecule has 5 nitrogen and oxygen atoms in total. The summed E-state index contributed by atoms with van der Waals surface area (Å²) >= 11 is 5.95. The van der Waals surface area contributed by atoms with Crippen LogP contribution in [0.4, 0.5) is 11.4 Å². The number of carbonyl (C=O) groups excluding carboxylic acids is 1. The molecule has 0 saturated heterocycles. The molecule has 1 amide bonds. The van der Waals surface area contributed by atoms with Crippen LogP contribution in [0.2, 0.25) is 5.02 Å². The van der Waals surface area contributed by atoms with Gasteiger partial charge < -0.3 is 5.32 Å². The molecule has 0 unspecified atom stereocenters. The van der Waals surface area contributed by atoms with Crippen LogP contribution in [-0.2, 0) is 10.0 Å². The second-order valence-electron chi connectivity index (χ2n) is 6.60. The maximum atomic E-state index is 13.0. The lowest BCUT2D eigenvalue weighted by Gasteiger charge is -2.23. The van der Waals surface area contributed by atoms with Gasteiger partial charge in [-0.2, -0.15) is 0 Å². The van der Waals surface area contributed by atoms with Crippen LogP contribution in [0.25, 0.3) is 0 Å². The molecule has 0 saturated carbocycles. The molecule has 154 valence electrons. The maximum absolute atomic E-state index is 13.0. The van der Waals surface area contributed by atoms with Crippen molar-refractivity contribution in [3.05, 3.63) is 102 Å². The fourth-order valence-corrected chi connectivity index (χ4v) is 4.60. The smallest absolute Gasteiger partial charge is 0.264 e. The Hall–Kier alpha value is -3.09. The van der Waals surface area contributed by atoms with Crippen molar-refractivity contribution in [2.45, 2.75) is 11.8 Å². The number of carbonyl (C=O) groups is 1. The molecule has 3 rings (SSSR count). The molecule has 0 aromatic heterocycles. The Labute approximate surface area is 181 Å². The van der Waals surface area contributed by atoms with E-state index in [0.29, 0.717) is 22.0 Å². The molecule has 0 spiro atoms. The van der Waals surface area contributed by atoms with Gasteiger partial charge in [0.15, 0.2) is 0 Å². The highest BCUT2D eigenvalue weighted by Crippen LogP contribution is 2.25. The SMILES string of the molecule is C=CCN(c1ccc(C(=O)Nc2ccc(Cl)cc2C)cc1)S(=O)(=O)c1ccccc1. The van der Waals surface area contributed by atoms with E-state index in [4.69, 9.17) is 11.6 Å². The van der Waals surface area contributed by atoms with Crippen LogP contribution in [0.3, 0.4) is 0 Å².